The SMILES string of the molecule is CCc1nc2ccccc2n1C1CCN(c2ccc([N+](=O)[O-])cc2[N+](=O)[O-])CC1. The molecule has 0 amide bonds. The van der Waals surface area contributed by atoms with E-state index in [0.717, 1.165) is 42.2 Å². The number of aryl methyl sites for hydroxylation is 1. The van der Waals surface area contributed by atoms with Crippen LogP contribution in [-0.2, 0) is 6.42 Å². The minimum Gasteiger partial charge on any atom is -0.366 e. The van der Waals surface area contributed by atoms with E-state index in [4.69, 9.17) is 4.98 Å². The maximum absolute atomic E-state index is 11.5. The van der Waals surface area contributed by atoms with E-state index in [2.05, 4.69) is 17.6 Å². The van der Waals surface area contributed by atoms with E-state index >= 15 is 0 Å². The zero-order valence-electron chi connectivity index (χ0n) is 16.0. The Bertz CT molecular complexity index is 1090. The second-order valence-corrected chi connectivity index (χ2v) is 7.15. The summed E-state index contributed by atoms with van der Waals surface area (Å²) >= 11 is 0. The summed E-state index contributed by atoms with van der Waals surface area (Å²) in [5.41, 5.74) is 2.04. The van der Waals surface area contributed by atoms with Crippen LogP contribution in [0.3, 0.4) is 0 Å². The number of nitrogens with zero attached hydrogens (tertiary/aromatic N) is 5. The molecule has 0 aliphatic carbocycles. The largest absolute Gasteiger partial charge is 0.366 e. The van der Waals surface area contributed by atoms with Crippen LogP contribution < -0.4 is 4.90 Å². The molecule has 0 bridgehead atoms. The molecule has 1 fully saturated rings. The van der Waals surface area contributed by atoms with Crippen molar-refractivity contribution < 1.29 is 9.85 Å². The number of rotatable bonds is 5. The third kappa shape index (κ3) is 3.39. The van der Waals surface area contributed by atoms with E-state index in [1.54, 1.807) is 0 Å². The van der Waals surface area contributed by atoms with Gasteiger partial charge in [0.05, 0.1) is 26.9 Å². The van der Waals surface area contributed by atoms with Crippen LogP contribution in [0.4, 0.5) is 17.1 Å². The molecule has 150 valence electrons. The van der Waals surface area contributed by atoms with Crippen molar-refractivity contribution in [2.45, 2.75) is 32.2 Å². The Morgan fingerprint density at radius 1 is 1.07 bits per heavy atom. The molecule has 2 aromatic carbocycles. The van der Waals surface area contributed by atoms with Crippen molar-refractivity contribution in [3.05, 3.63) is 68.5 Å². The van der Waals surface area contributed by atoms with Crippen molar-refractivity contribution in [1.82, 2.24) is 9.55 Å². The van der Waals surface area contributed by atoms with E-state index in [0.29, 0.717) is 18.8 Å². The molecule has 0 spiro atoms. The van der Waals surface area contributed by atoms with Crippen molar-refractivity contribution >= 4 is 28.1 Å². The number of non-ortho nitro benzene ring substituents is 1. The minimum atomic E-state index is -0.612. The normalized spacial score (nSPS) is 15.0. The highest BCUT2D eigenvalue weighted by Crippen LogP contribution is 2.36. The molecule has 1 aliphatic heterocycles. The van der Waals surface area contributed by atoms with Crippen molar-refractivity contribution in [3.63, 3.8) is 0 Å². The lowest BCUT2D eigenvalue weighted by Crippen LogP contribution is -2.35. The average Bonchev–Trinajstić information content (AvgIpc) is 3.12. The number of imidazole rings is 1. The summed E-state index contributed by atoms with van der Waals surface area (Å²) in [4.78, 5) is 28.0. The van der Waals surface area contributed by atoms with Crippen LogP contribution in [0, 0.1) is 20.2 Å². The summed E-state index contributed by atoms with van der Waals surface area (Å²) in [6.45, 7) is 3.37. The summed E-state index contributed by atoms with van der Waals surface area (Å²) in [6.07, 6.45) is 2.48. The minimum absolute atomic E-state index is 0.222. The van der Waals surface area contributed by atoms with Gasteiger partial charge in [0.2, 0.25) is 0 Å². The Hall–Kier alpha value is -3.49. The smallest absolute Gasteiger partial charge is 0.299 e. The monoisotopic (exact) mass is 395 g/mol. The number of hydrogen-bond donors (Lipinski definition) is 0. The summed E-state index contributed by atoms with van der Waals surface area (Å²) in [7, 11) is 0. The van der Waals surface area contributed by atoms with Gasteiger partial charge in [-0.2, -0.15) is 0 Å². The molecule has 0 radical (unpaired) electrons. The highest BCUT2D eigenvalue weighted by molar-refractivity contribution is 5.76. The molecule has 9 nitrogen and oxygen atoms in total. The molecule has 2 heterocycles. The molecule has 4 rings (SSSR count). The molecule has 1 saturated heterocycles. The molecule has 1 aliphatic rings. The third-order valence-corrected chi connectivity index (χ3v) is 5.52. The molecule has 0 N–H and O–H groups in total. The number of fused-ring (bicyclic) bond motifs is 1. The standard InChI is InChI=1S/C20H21N5O4/c1-2-20-21-16-5-3-4-6-17(16)23(20)14-9-11-22(12-10-14)18-8-7-15(24(26)27)13-19(18)25(28)29/h3-8,13-14H,2,9-12H2,1H3. The maximum Gasteiger partial charge on any atom is 0.299 e. The molecule has 3 aromatic rings. The van der Waals surface area contributed by atoms with Gasteiger partial charge in [0.1, 0.15) is 11.5 Å². The number of anilines is 1. The van der Waals surface area contributed by atoms with Crippen molar-refractivity contribution in [2.24, 2.45) is 0 Å². The van der Waals surface area contributed by atoms with E-state index in [1.165, 1.54) is 12.1 Å². The molecular weight excluding hydrogens is 374 g/mol. The number of nitro groups is 2. The zero-order chi connectivity index (χ0) is 20.5. The number of nitro benzene ring substituents is 2. The predicted molar refractivity (Wildman–Crippen MR) is 109 cm³/mol. The van der Waals surface area contributed by atoms with Gasteiger partial charge in [-0.25, -0.2) is 4.98 Å². The second-order valence-electron chi connectivity index (χ2n) is 7.15. The van der Waals surface area contributed by atoms with Gasteiger partial charge in [-0.05, 0) is 31.0 Å². The van der Waals surface area contributed by atoms with Gasteiger partial charge < -0.3 is 9.47 Å². The van der Waals surface area contributed by atoms with Gasteiger partial charge in [-0.3, -0.25) is 20.2 Å². The van der Waals surface area contributed by atoms with Gasteiger partial charge in [-0.1, -0.05) is 19.1 Å². The third-order valence-electron chi connectivity index (χ3n) is 5.52. The van der Waals surface area contributed by atoms with E-state index in [1.807, 2.05) is 23.1 Å². The first-order valence-electron chi connectivity index (χ1n) is 9.63. The van der Waals surface area contributed by atoms with E-state index in [-0.39, 0.29) is 17.4 Å². The molecule has 0 saturated carbocycles. The summed E-state index contributed by atoms with van der Waals surface area (Å²) in [6, 6.07) is 12.2. The first-order chi connectivity index (χ1) is 14.0. The summed E-state index contributed by atoms with van der Waals surface area (Å²) in [5.74, 6) is 1.05. The van der Waals surface area contributed by atoms with Crippen LogP contribution in [-0.4, -0.2) is 32.5 Å². The molecule has 29 heavy (non-hydrogen) atoms. The Labute approximate surface area is 166 Å². The van der Waals surface area contributed by atoms with Crippen LogP contribution in [0.5, 0.6) is 0 Å². The van der Waals surface area contributed by atoms with Crippen LogP contribution in [0.15, 0.2) is 42.5 Å². The van der Waals surface area contributed by atoms with Gasteiger partial charge in [-0.15, -0.1) is 0 Å². The predicted octanol–water partition coefficient (Wildman–Crippen LogP) is 4.26. The Morgan fingerprint density at radius 2 is 1.79 bits per heavy atom. The number of piperidine rings is 1. The Balaban J connectivity index is 1.60. The van der Waals surface area contributed by atoms with Crippen molar-refractivity contribution in [1.29, 1.82) is 0 Å². The highest BCUT2D eigenvalue weighted by Gasteiger charge is 2.29. The fraction of sp³-hybridized carbons (Fsp3) is 0.350. The lowest BCUT2D eigenvalue weighted by atomic mass is 10.0. The van der Waals surface area contributed by atoms with Gasteiger partial charge in [0.15, 0.2) is 0 Å². The molecule has 9 heteroatoms. The summed E-state index contributed by atoms with van der Waals surface area (Å²) < 4.78 is 2.30. The number of aromatic nitrogens is 2. The molecule has 1 aromatic heterocycles. The number of benzene rings is 2. The zero-order valence-corrected chi connectivity index (χ0v) is 16.0. The maximum atomic E-state index is 11.5. The fourth-order valence-corrected chi connectivity index (χ4v) is 4.16. The lowest BCUT2D eigenvalue weighted by molar-refractivity contribution is -0.393. The second kappa shape index (κ2) is 7.50. The van der Waals surface area contributed by atoms with Gasteiger partial charge >= 0.3 is 0 Å². The van der Waals surface area contributed by atoms with Crippen molar-refractivity contribution in [3.8, 4) is 0 Å². The van der Waals surface area contributed by atoms with Crippen LogP contribution in [0.2, 0.25) is 0 Å². The van der Waals surface area contributed by atoms with Gasteiger partial charge in [0, 0.05) is 31.6 Å². The summed E-state index contributed by atoms with van der Waals surface area (Å²) in [5, 5.41) is 22.4. The topological polar surface area (TPSA) is 107 Å². The first kappa shape index (κ1) is 18.9. The van der Waals surface area contributed by atoms with E-state index in [9.17, 15) is 20.2 Å². The quantitative estimate of drug-likeness (QED) is 0.472. The van der Waals surface area contributed by atoms with Crippen LogP contribution in [0.25, 0.3) is 11.0 Å². The first-order valence-corrected chi connectivity index (χ1v) is 9.63. The molecular formula is C20H21N5O4. The van der Waals surface area contributed by atoms with E-state index < -0.39 is 9.85 Å². The van der Waals surface area contributed by atoms with Crippen LogP contribution in [0.1, 0.15) is 31.6 Å². The Morgan fingerprint density at radius 3 is 2.45 bits per heavy atom. The lowest BCUT2D eigenvalue weighted by Gasteiger charge is -2.34. The number of hydrogen-bond acceptors (Lipinski definition) is 6. The number of para-hydroxylation sites is 2. The molecule has 0 unspecified atom stereocenters. The van der Waals surface area contributed by atoms with Crippen molar-refractivity contribution in [2.75, 3.05) is 18.0 Å². The van der Waals surface area contributed by atoms with Gasteiger partial charge in [0.25, 0.3) is 11.4 Å². The highest BCUT2D eigenvalue weighted by atomic mass is 16.6. The fourth-order valence-electron chi connectivity index (χ4n) is 4.16. The average molecular weight is 395 g/mol. The molecule has 0 atom stereocenters. The van der Waals surface area contributed by atoms with Crippen LogP contribution >= 0.6 is 0 Å². The Kier molecular flexibility index (Phi) is 4.87.